The van der Waals surface area contributed by atoms with Gasteiger partial charge in [0.25, 0.3) is 0 Å². The zero-order valence-corrected chi connectivity index (χ0v) is 8.64. The predicted octanol–water partition coefficient (Wildman–Crippen LogP) is 0.475. The summed E-state index contributed by atoms with van der Waals surface area (Å²) in [5, 5.41) is 9.65. The van der Waals surface area contributed by atoms with Crippen molar-refractivity contribution in [3.05, 3.63) is 0 Å². The van der Waals surface area contributed by atoms with Gasteiger partial charge >= 0.3 is 0 Å². The van der Waals surface area contributed by atoms with Crippen LogP contribution in [0.1, 0.15) is 19.8 Å². The van der Waals surface area contributed by atoms with Crippen LogP contribution in [0.3, 0.4) is 0 Å². The highest BCUT2D eigenvalue weighted by Crippen LogP contribution is 2.30. The molecule has 1 amide bonds. The first-order valence-corrected chi connectivity index (χ1v) is 5.76. The highest BCUT2D eigenvalue weighted by molar-refractivity contribution is 8.00. The number of aliphatic hydroxyl groups is 1. The Kier molecular flexibility index (Phi) is 2.28. The molecule has 4 heteroatoms. The SMILES string of the molecule is CC1(O)CN(C(=O)C2CCCS2)C1. The molecule has 0 aromatic carbocycles. The van der Waals surface area contributed by atoms with E-state index in [0.717, 1.165) is 18.6 Å². The maximum Gasteiger partial charge on any atom is 0.235 e. The molecule has 2 saturated heterocycles. The highest BCUT2D eigenvalue weighted by Gasteiger charge is 2.42. The van der Waals surface area contributed by atoms with Gasteiger partial charge in [0.2, 0.25) is 5.91 Å². The summed E-state index contributed by atoms with van der Waals surface area (Å²) >= 11 is 1.76. The van der Waals surface area contributed by atoms with Crippen LogP contribution in [-0.2, 0) is 4.79 Å². The van der Waals surface area contributed by atoms with E-state index in [9.17, 15) is 9.90 Å². The number of rotatable bonds is 1. The number of carbonyl (C=O) groups is 1. The van der Waals surface area contributed by atoms with E-state index in [1.54, 1.807) is 23.6 Å². The molecule has 2 aliphatic heterocycles. The molecule has 1 N–H and O–H groups in total. The van der Waals surface area contributed by atoms with Gasteiger partial charge in [-0.1, -0.05) is 0 Å². The number of β-amino-alcohol motifs (C(OH)–C–C–N with tert-alkyl or cyclic N) is 1. The fourth-order valence-corrected chi connectivity index (χ4v) is 3.15. The van der Waals surface area contributed by atoms with Crippen molar-refractivity contribution < 1.29 is 9.90 Å². The molecule has 0 aliphatic carbocycles. The molecule has 0 aromatic heterocycles. The van der Waals surface area contributed by atoms with E-state index >= 15 is 0 Å². The Morgan fingerprint density at radius 3 is 2.77 bits per heavy atom. The number of thioether (sulfide) groups is 1. The van der Waals surface area contributed by atoms with Crippen molar-refractivity contribution in [1.29, 1.82) is 0 Å². The second kappa shape index (κ2) is 3.17. The molecular formula is C9H15NO2S. The maximum atomic E-state index is 11.7. The van der Waals surface area contributed by atoms with E-state index in [-0.39, 0.29) is 11.2 Å². The van der Waals surface area contributed by atoms with Crippen LogP contribution in [-0.4, -0.2) is 45.6 Å². The number of hydrogen-bond donors (Lipinski definition) is 1. The van der Waals surface area contributed by atoms with Crippen LogP contribution in [0.25, 0.3) is 0 Å². The first-order valence-electron chi connectivity index (χ1n) is 4.71. The fraction of sp³-hybridized carbons (Fsp3) is 0.889. The lowest BCUT2D eigenvalue weighted by Crippen LogP contribution is -2.63. The minimum absolute atomic E-state index is 0.177. The molecule has 0 saturated carbocycles. The van der Waals surface area contributed by atoms with Crippen LogP contribution in [0.4, 0.5) is 0 Å². The van der Waals surface area contributed by atoms with Crippen LogP contribution in [0.5, 0.6) is 0 Å². The Bertz CT molecular complexity index is 216. The fourth-order valence-electron chi connectivity index (χ4n) is 1.91. The van der Waals surface area contributed by atoms with Gasteiger partial charge in [-0.15, -0.1) is 11.8 Å². The van der Waals surface area contributed by atoms with Gasteiger partial charge in [-0.05, 0) is 25.5 Å². The summed E-state index contributed by atoms with van der Waals surface area (Å²) in [6.45, 7) is 2.81. The molecule has 2 heterocycles. The summed E-state index contributed by atoms with van der Waals surface area (Å²) in [4.78, 5) is 13.5. The molecule has 2 fully saturated rings. The van der Waals surface area contributed by atoms with E-state index in [0.29, 0.717) is 13.1 Å². The van der Waals surface area contributed by atoms with Crippen molar-refractivity contribution >= 4 is 17.7 Å². The van der Waals surface area contributed by atoms with E-state index in [1.165, 1.54) is 0 Å². The minimum Gasteiger partial charge on any atom is -0.386 e. The lowest BCUT2D eigenvalue weighted by atomic mass is 9.96. The van der Waals surface area contributed by atoms with Gasteiger partial charge in [-0.25, -0.2) is 0 Å². The molecule has 0 aromatic rings. The van der Waals surface area contributed by atoms with Crippen molar-refractivity contribution in [2.45, 2.75) is 30.6 Å². The van der Waals surface area contributed by atoms with Crippen molar-refractivity contribution in [2.24, 2.45) is 0 Å². The number of carbonyl (C=O) groups excluding carboxylic acids is 1. The Morgan fingerprint density at radius 2 is 2.31 bits per heavy atom. The van der Waals surface area contributed by atoms with Gasteiger partial charge in [-0.2, -0.15) is 0 Å². The van der Waals surface area contributed by atoms with Crippen molar-refractivity contribution in [3.63, 3.8) is 0 Å². The van der Waals surface area contributed by atoms with Crippen LogP contribution in [0.2, 0.25) is 0 Å². The van der Waals surface area contributed by atoms with Crippen LogP contribution >= 0.6 is 11.8 Å². The average molecular weight is 201 g/mol. The summed E-state index contributed by atoms with van der Waals surface area (Å²) in [6.07, 6.45) is 2.17. The van der Waals surface area contributed by atoms with Crippen LogP contribution in [0.15, 0.2) is 0 Å². The molecule has 2 aliphatic rings. The quantitative estimate of drug-likeness (QED) is 0.670. The van der Waals surface area contributed by atoms with Gasteiger partial charge in [0.1, 0.15) is 0 Å². The summed E-state index contributed by atoms with van der Waals surface area (Å²) < 4.78 is 0. The standard InChI is InChI=1S/C9H15NO2S/c1-9(12)5-10(6-9)8(11)7-3-2-4-13-7/h7,12H,2-6H2,1H3. The summed E-state index contributed by atoms with van der Waals surface area (Å²) in [5.41, 5.74) is -0.626. The van der Waals surface area contributed by atoms with Gasteiger partial charge in [0, 0.05) is 0 Å². The van der Waals surface area contributed by atoms with Crippen molar-refractivity contribution in [2.75, 3.05) is 18.8 Å². The van der Waals surface area contributed by atoms with E-state index in [4.69, 9.17) is 0 Å². The van der Waals surface area contributed by atoms with Gasteiger partial charge in [-0.3, -0.25) is 4.79 Å². The third kappa shape index (κ3) is 1.83. The highest BCUT2D eigenvalue weighted by atomic mass is 32.2. The van der Waals surface area contributed by atoms with E-state index in [1.807, 2.05) is 0 Å². The average Bonchev–Trinajstić information content (AvgIpc) is 2.50. The van der Waals surface area contributed by atoms with Gasteiger partial charge in [0.15, 0.2) is 0 Å². The molecular weight excluding hydrogens is 186 g/mol. The number of amides is 1. The monoisotopic (exact) mass is 201 g/mol. The smallest absolute Gasteiger partial charge is 0.235 e. The minimum atomic E-state index is -0.626. The van der Waals surface area contributed by atoms with Gasteiger partial charge in [0.05, 0.1) is 23.9 Å². The maximum absolute atomic E-state index is 11.7. The number of nitrogens with zero attached hydrogens (tertiary/aromatic N) is 1. The molecule has 13 heavy (non-hydrogen) atoms. The Labute approximate surface area is 82.5 Å². The third-order valence-electron chi connectivity index (χ3n) is 2.58. The second-order valence-electron chi connectivity index (χ2n) is 4.19. The van der Waals surface area contributed by atoms with Crippen LogP contribution < -0.4 is 0 Å². The largest absolute Gasteiger partial charge is 0.386 e. The topological polar surface area (TPSA) is 40.5 Å². The van der Waals surface area contributed by atoms with Crippen molar-refractivity contribution in [1.82, 2.24) is 4.90 Å². The van der Waals surface area contributed by atoms with Gasteiger partial charge < -0.3 is 10.0 Å². The molecule has 0 spiro atoms. The number of likely N-dealkylation sites (tertiary alicyclic amines) is 1. The molecule has 74 valence electrons. The molecule has 1 atom stereocenters. The zero-order chi connectivity index (χ0) is 9.47. The normalized spacial score (nSPS) is 31.5. The van der Waals surface area contributed by atoms with E-state index in [2.05, 4.69) is 0 Å². The lowest BCUT2D eigenvalue weighted by molar-refractivity contribution is -0.151. The predicted molar refractivity (Wildman–Crippen MR) is 52.7 cm³/mol. The van der Waals surface area contributed by atoms with Crippen molar-refractivity contribution in [3.8, 4) is 0 Å². The molecule has 0 radical (unpaired) electrons. The molecule has 0 bridgehead atoms. The summed E-state index contributed by atoms with van der Waals surface area (Å²) in [5.74, 6) is 1.34. The Balaban J connectivity index is 1.85. The Hall–Kier alpha value is -0.220. The molecule has 1 unspecified atom stereocenters. The van der Waals surface area contributed by atoms with Crippen LogP contribution in [0, 0.1) is 0 Å². The lowest BCUT2D eigenvalue weighted by Gasteiger charge is -2.45. The second-order valence-corrected chi connectivity index (χ2v) is 5.50. The molecule has 3 nitrogen and oxygen atoms in total. The summed E-state index contributed by atoms with van der Waals surface area (Å²) in [6, 6.07) is 0. The van der Waals surface area contributed by atoms with E-state index < -0.39 is 5.60 Å². The first kappa shape index (κ1) is 9.34. The summed E-state index contributed by atoms with van der Waals surface area (Å²) in [7, 11) is 0. The molecule has 2 rings (SSSR count). The zero-order valence-electron chi connectivity index (χ0n) is 7.82. The first-order chi connectivity index (χ1) is 6.08. The third-order valence-corrected chi connectivity index (χ3v) is 3.94. The Morgan fingerprint density at radius 1 is 1.62 bits per heavy atom. The number of hydrogen-bond acceptors (Lipinski definition) is 3.